The average Bonchev–Trinajstić information content (AvgIpc) is 3.33. The minimum absolute atomic E-state index is 0.215. The van der Waals surface area contributed by atoms with Crippen LogP contribution in [0.5, 0.6) is 0 Å². The minimum atomic E-state index is -5.25. The van der Waals surface area contributed by atoms with Crippen molar-refractivity contribution in [2.75, 3.05) is 13.2 Å². The fourth-order valence-corrected chi connectivity index (χ4v) is 10.3. The van der Waals surface area contributed by atoms with Crippen LogP contribution in [-0.2, 0) is 51.9 Å². The van der Waals surface area contributed by atoms with Crippen LogP contribution < -0.4 is 0 Å². The zero-order valence-corrected chi connectivity index (χ0v) is 46.0. The molecule has 2 rings (SSSR count). The maximum absolute atomic E-state index is 13.8. The van der Waals surface area contributed by atoms with Crippen molar-refractivity contribution in [3.8, 4) is 0 Å². The molecular formula is C54H101O17P. The average molecular weight is 1050 g/mol. The van der Waals surface area contributed by atoms with Crippen LogP contribution in [0.4, 0.5) is 0 Å². The Hall–Kier alpha value is -1.76. The third-order valence-corrected chi connectivity index (χ3v) is 14.7. The minimum Gasteiger partial charge on any atom is -0.462 e. The predicted molar refractivity (Wildman–Crippen MR) is 274 cm³/mol. The highest BCUT2D eigenvalue weighted by Crippen LogP contribution is 2.43. The van der Waals surface area contributed by atoms with E-state index in [4.69, 9.17) is 32.9 Å². The van der Waals surface area contributed by atoms with E-state index in [0.717, 1.165) is 70.6 Å². The number of esters is 3. The second-order valence-corrected chi connectivity index (χ2v) is 22.0. The Morgan fingerprint density at radius 2 is 1.01 bits per heavy atom. The van der Waals surface area contributed by atoms with Crippen LogP contribution in [0.3, 0.4) is 0 Å². The summed E-state index contributed by atoms with van der Waals surface area (Å²) in [4.78, 5) is 59.7. The highest BCUT2D eigenvalue weighted by molar-refractivity contribution is 7.46. The number of unbranched alkanes of at least 4 members (excludes halogenated alkanes) is 24. The lowest BCUT2D eigenvalue weighted by atomic mass is 9.91. The molecule has 0 aromatic heterocycles. The van der Waals surface area contributed by atoms with Crippen LogP contribution in [0.25, 0.3) is 0 Å². The van der Waals surface area contributed by atoms with Gasteiger partial charge in [0.15, 0.2) is 12.6 Å². The quantitative estimate of drug-likeness (QED) is 0.0144. The fraction of sp³-hybridized carbons (Fsp3) is 0.944. The standard InChI is InChI=1S/C54H101O17P/c1-6-9-12-15-18-21-24-27-30-33-42(56)36-47(58)69-50-40(4)53(61)67-45(49(50)60)39-65-54-41(5)51(52(44(38-55)68-54)71-72(62,63)64)70-48(59)37-43(34-31-28-25-22-19-16-13-10-7-2)66-46(57)35-32-29-26-23-20-17-14-11-8-3/h40-45,49-56,60-61H,6-39H2,1-5H3,(H2,62,63,64)/t40?,41-,42+,43+,44?,45?,49+,50+,51?,52+,53?,54+/m0/s1. The maximum Gasteiger partial charge on any atom is 0.470 e. The Morgan fingerprint density at radius 3 is 1.51 bits per heavy atom. The molecule has 6 N–H and O–H groups in total. The van der Waals surface area contributed by atoms with Crippen molar-refractivity contribution < 1.29 is 82.1 Å². The highest BCUT2D eigenvalue weighted by Gasteiger charge is 2.51. The summed E-state index contributed by atoms with van der Waals surface area (Å²) in [5.41, 5.74) is 0. The van der Waals surface area contributed by atoms with Gasteiger partial charge in [0.1, 0.15) is 42.7 Å². The monoisotopic (exact) mass is 1050 g/mol. The zero-order chi connectivity index (χ0) is 53.2. The number of aliphatic hydroxyl groups excluding tert-OH is 4. The Balaban J connectivity index is 2.09. The summed E-state index contributed by atoms with van der Waals surface area (Å²) in [5, 5.41) is 43.2. The third-order valence-electron chi connectivity index (χ3n) is 14.2. The number of aliphatic hydroxyl groups is 4. The van der Waals surface area contributed by atoms with E-state index in [1.54, 1.807) is 6.92 Å². The molecule has 0 bridgehead atoms. The molecule has 2 fully saturated rings. The molecule has 0 aromatic carbocycles. The van der Waals surface area contributed by atoms with Crippen molar-refractivity contribution >= 4 is 25.7 Å². The van der Waals surface area contributed by atoms with E-state index in [-0.39, 0.29) is 19.3 Å². The van der Waals surface area contributed by atoms with Crippen molar-refractivity contribution in [2.24, 2.45) is 11.8 Å². The summed E-state index contributed by atoms with van der Waals surface area (Å²) < 4.78 is 52.3. The van der Waals surface area contributed by atoms with Gasteiger partial charge in [-0.1, -0.05) is 195 Å². The van der Waals surface area contributed by atoms with Gasteiger partial charge >= 0.3 is 25.7 Å². The van der Waals surface area contributed by atoms with Crippen LogP contribution in [0.15, 0.2) is 0 Å². The van der Waals surface area contributed by atoms with Crippen LogP contribution in [0.2, 0.25) is 0 Å². The van der Waals surface area contributed by atoms with Gasteiger partial charge in [-0.25, -0.2) is 4.57 Å². The van der Waals surface area contributed by atoms with E-state index >= 15 is 0 Å². The molecule has 2 saturated heterocycles. The van der Waals surface area contributed by atoms with Gasteiger partial charge in [-0.05, 0) is 25.7 Å². The van der Waals surface area contributed by atoms with Crippen LogP contribution >= 0.6 is 7.82 Å². The van der Waals surface area contributed by atoms with Crippen LogP contribution in [0.1, 0.15) is 240 Å². The molecule has 0 aromatic rings. The lowest BCUT2D eigenvalue weighted by Crippen LogP contribution is -2.59. The summed E-state index contributed by atoms with van der Waals surface area (Å²) in [6.45, 7) is 8.34. The molecule has 0 aliphatic carbocycles. The van der Waals surface area contributed by atoms with Gasteiger partial charge in [0.05, 0.1) is 32.2 Å². The molecule has 17 nitrogen and oxygen atoms in total. The summed E-state index contributed by atoms with van der Waals surface area (Å²) in [6, 6.07) is 0. The second-order valence-electron chi connectivity index (χ2n) is 20.8. The lowest BCUT2D eigenvalue weighted by Gasteiger charge is -2.45. The topological polar surface area (TPSA) is 254 Å². The molecule has 0 spiro atoms. The molecule has 0 radical (unpaired) electrons. The van der Waals surface area contributed by atoms with E-state index in [1.807, 2.05) is 0 Å². The number of phosphoric acid groups is 1. The zero-order valence-electron chi connectivity index (χ0n) is 45.1. The van der Waals surface area contributed by atoms with Gasteiger partial charge in [0.2, 0.25) is 0 Å². The van der Waals surface area contributed by atoms with Crippen molar-refractivity contribution in [1.29, 1.82) is 0 Å². The number of rotatable bonds is 43. The molecule has 424 valence electrons. The molecule has 5 unspecified atom stereocenters. The molecule has 2 heterocycles. The van der Waals surface area contributed by atoms with Crippen LogP contribution in [-0.4, -0.2) is 123 Å². The first-order valence-corrected chi connectivity index (χ1v) is 30.0. The van der Waals surface area contributed by atoms with Crippen molar-refractivity contribution in [2.45, 2.75) is 301 Å². The van der Waals surface area contributed by atoms with Crippen molar-refractivity contribution in [3.63, 3.8) is 0 Å². The van der Waals surface area contributed by atoms with E-state index in [0.29, 0.717) is 25.7 Å². The summed E-state index contributed by atoms with van der Waals surface area (Å²) in [5.74, 6) is -3.85. The van der Waals surface area contributed by atoms with E-state index in [2.05, 4.69) is 20.8 Å². The summed E-state index contributed by atoms with van der Waals surface area (Å²) in [7, 11) is -5.25. The molecule has 18 heteroatoms. The van der Waals surface area contributed by atoms with Gasteiger partial charge in [-0.2, -0.15) is 0 Å². The van der Waals surface area contributed by atoms with Crippen LogP contribution in [0, 0.1) is 11.8 Å². The molecule has 0 saturated carbocycles. The molecule has 12 atom stereocenters. The number of phosphoric ester groups is 1. The van der Waals surface area contributed by atoms with Gasteiger partial charge in [0, 0.05) is 18.3 Å². The van der Waals surface area contributed by atoms with Gasteiger partial charge in [0.25, 0.3) is 0 Å². The first kappa shape index (κ1) is 66.4. The smallest absolute Gasteiger partial charge is 0.462 e. The van der Waals surface area contributed by atoms with E-state index in [1.165, 1.54) is 96.8 Å². The van der Waals surface area contributed by atoms with E-state index < -0.39 is 112 Å². The SMILES string of the molecule is CCCCCCCCCCCC(=O)O[C@H](CCCCCCCCCCC)CC(=O)OC1[C@H](OP(=O)(O)O)C(CO)O[C@@H](OCC2OC(O)C(C)[C@@H](OC(=O)C[C@H](O)CCCCCCCCCCC)[C@@H]2O)[C@H]1C. The Labute approximate surface area is 433 Å². The summed E-state index contributed by atoms with van der Waals surface area (Å²) in [6.07, 6.45) is 16.8. The molecule has 2 aliphatic rings. The normalized spacial score (nSPS) is 25.5. The first-order chi connectivity index (χ1) is 34.5. The second kappa shape index (κ2) is 39.6. The Morgan fingerprint density at radius 1 is 0.556 bits per heavy atom. The van der Waals surface area contributed by atoms with Gasteiger partial charge in [-0.3, -0.25) is 18.9 Å². The lowest BCUT2D eigenvalue weighted by molar-refractivity contribution is -0.310. The number of hydrogen-bond acceptors (Lipinski definition) is 15. The maximum atomic E-state index is 13.8. The Bertz CT molecular complexity index is 1450. The van der Waals surface area contributed by atoms with Crippen molar-refractivity contribution in [3.05, 3.63) is 0 Å². The van der Waals surface area contributed by atoms with E-state index in [9.17, 15) is 49.2 Å². The number of carbonyl (C=O) groups excluding carboxylic acids is 3. The Kier molecular flexibility index (Phi) is 36.5. The molecule has 0 amide bonds. The fourth-order valence-electron chi connectivity index (χ4n) is 9.69. The predicted octanol–water partition coefficient (Wildman–Crippen LogP) is 10.2. The summed E-state index contributed by atoms with van der Waals surface area (Å²) >= 11 is 0. The van der Waals surface area contributed by atoms with Gasteiger partial charge in [-0.15, -0.1) is 0 Å². The largest absolute Gasteiger partial charge is 0.470 e. The molecule has 72 heavy (non-hydrogen) atoms. The molecule has 2 aliphatic heterocycles. The van der Waals surface area contributed by atoms with Crippen molar-refractivity contribution in [1.82, 2.24) is 0 Å². The number of ether oxygens (including phenoxy) is 6. The molecular weight excluding hydrogens is 952 g/mol. The number of hydrogen-bond donors (Lipinski definition) is 6. The number of carbonyl (C=O) groups is 3. The van der Waals surface area contributed by atoms with Gasteiger partial charge < -0.3 is 58.6 Å². The highest BCUT2D eigenvalue weighted by atomic mass is 31.2. The first-order valence-electron chi connectivity index (χ1n) is 28.4. The third kappa shape index (κ3) is 28.9.